The monoisotopic (exact) mass is 289 g/mol. The molecule has 7 heteroatoms. The van der Waals surface area contributed by atoms with Gasteiger partial charge in [0.15, 0.2) is 0 Å². The van der Waals surface area contributed by atoms with Gasteiger partial charge in [0.2, 0.25) is 0 Å². The summed E-state index contributed by atoms with van der Waals surface area (Å²) >= 11 is 0. The zero-order chi connectivity index (χ0) is 15.5. The maximum absolute atomic E-state index is 12.5. The Morgan fingerprint density at radius 3 is 2.25 bits per heavy atom. The van der Waals surface area contributed by atoms with Crippen LogP contribution in [-0.4, -0.2) is 40.6 Å². The summed E-state index contributed by atoms with van der Waals surface area (Å²) in [5.74, 6) is -2.09. The van der Waals surface area contributed by atoms with Crippen molar-refractivity contribution in [1.29, 1.82) is 0 Å². The number of aromatic carboxylic acids is 1. The van der Waals surface area contributed by atoms with Crippen LogP contribution in [0.1, 0.15) is 34.6 Å². The van der Waals surface area contributed by atoms with Gasteiger partial charge in [-0.15, -0.1) is 0 Å². The van der Waals surface area contributed by atoms with Crippen LogP contribution in [0.3, 0.4) is 0 Å². The highest BCUT2D eigenvalue weighted by Gasteiger charge is 2.34. The van der Waals surface area contributed by atoms with Crippen molar-refractivity contribution in [2.75, 3.05) is 6.54 Å². The van der Waals surface area contributed by atoms with Crippen LogP contribution < -0.4 is 0 Å². The Morgan fingerprint density at radius 1 is 1.25 bits per heavy atom. The standard InChI is InChI=1S/C13H14F3NO3/c1-8(2)17(7-13(14,15)16)11(18)9-4-3-5-10(6-9)12(19)20/h3-6,8H,7H2,1-2H3,(H,19,20). The highest BCUT2D eigenvalue weighted by atomic mass is 19.4. The SMILES string of the molecule is CC(C)N(CC(F)(F)F)C(=O)c1cccc(C(=O)O)c1. The molecule has 0 fully saturated rings. The highest BCUT2D eigenvalue weighted by molar-refractivity contribution is 5.97. The van der Waals surface area contributed by atoms with Gasteiger partial charge >= 0.3 is 12.1 Å². The molecule has 0 aliphatic carbocycles. The number of carboxylic acid groups (broad SMARTS) is 1. The number of hydrogen-bond donors (Lipinski definition) is 1. The number of carbonyl (C=O) groups excluding carboxylic acids is 1. The lowest BCUT2D eigenvalue weighted by Gasteiger charge is -2.27. The lowest BCUT2D eigenvalue weighted by Crippen LogP contribution is -2.43. The molecular formula is C13H14F3NO3. The number of hydrogen-bond acceptors (Lipinski definition) is 2. The summed E-state index contributed by atoms with van der Waals surface area (Å²) in [5, 5.41) is 8.82. The van der Waals surface area contributed by atoms with E-state index in [-0.39, 0.29) is 11.1 Å². The first-order valence-corrected chi connectivity index (χ1v) is 5.83. The first-order valence-electron chi connectivity index (χ1n) is 5.83. The van der Waals surface area contributed by atoms with Crippen molar-refractivity contribution in [3.63, 3.8) is 0 Å². The molecule has 0 atom stereocenters. The molecule has 0 aliphatic rings. The molecule has 1 N–H and O–H groups in total. The second kappa shape index (κ2) is 5.94. The smallest absolute Gasteiger partial charge is 0.406 e. The summed E-state index contributed by atoms with van der Waals surface area (Å²) in [6, 6.07) is 4.29. The number of amides is 1. The molecular weight excluding hydrogens is 275 g/mol. The zero-order valence-electron chi connectivity index (χ0n) is 10.9. The van der Waals surface area contributed by atoms with Crippen molar-refractivity contribution in [1.82, 2.24) is 4.90 Å². The molecule has 20 heavy (non-hydrogen) atoms. The van der Waals surface area contributed by atoms with E-state index in [1.54, 1.807) is 0 Å². The summed E-state index contributed by atoms with van der Waals surface area (Å²) in [6.45, 7) is 1.55. The average molecular weight is 289 g/mol. The summed E-state index contributed by atoms with van der Waals surface area (Å²) in [4.78, 5) is 23.5. The second-order valence-corrected chi connectivity index (χ2v) is 4.53. The Bertz CT molecular complexity index is 512. The van der Waals surface area contributed by atoms with Crippen molar-refractivity contribution < 1.29 is 27.9 Å². The second-order valence-electron chi connectivity index (χ2n) is 4.53. The number of carbonyl (C=O) groups is 2. The van der Waals surface area contributed by atoms with Crippen LogP contribution >= 0.6 is 0 Å². The molecule has 0 aromatic heterocycles. The number of benzene rings is 1. The Kier molecular flexibility index (Phi) is 4.75. The molecule has 0 spiro atoms. The average Bonchev–Trinajstić information content (AvgIpc) is 2.34. The van der Waals surface area contributed by atoms with Gasteiger partial charge in [-0.1, -0.05) is 6.07 Å². The third kappa shape index (κ3) is 4.25. The first-order chi connectivity index (χ1) is 9.11. The summed E-state index contributed by atoms with van der Waals surface area (Å²) in [5.41, 5.74) is -0.227. The van der Waals surface area contributed by atoms with Crippen molar-refractivity contribution in [3.8, 4) is 0 Å². The zero-order valence-corrected chi connectivity index (χ0v) is 10.9. The summed E-state index contributed by atoms with van der Waals surface area (Å²) < 4.78 is 37.4. The fraction of sp³-hybridized carbons (Fsp3) is 0.385. The fourth-order valence-electron chi connectivity index (χ4n) is 1.63. The number of halogens is 3. The van der Waals surface area contributed by atoms with Crippen LogP contribution in [0, 0.1) is 0 Å². The van der Waals surface area contributed by atoms with E-state index in [2.05, 4.69) is 0 Å². The van der Waals surface area contributed by atoms with E-state index in [0.29, 0.717) is 4.90 Å². The van der Waals surface area contributed by atoms with Gasteiger partial charge in [-0.25, -0.2) is 4.79 Å². The molecule has 0 aliphatic heterocycles. The molecule has 4 nitrogen and oxygen atoms in total. The van der Waals surface area contributed by atoms with Crippen molar-refractivity contribution in [2.45, 2.75) is 26.1 Å². The Morgan fingerprint density at radius 2 is 1.80 bits per heavy atom. The van der Waals surface area contributed by atoms with E-state index < -0.39 is 30.6 Å². The molecule has 0 radical (unpaired) electrons. The van der Waals surface area contributed by atoms with Gasteiger partial charge in [0.05, 0.1) is 5.56 Å². The topological polar surface area (TPSA) is 57.6 Å². The van der Waals surface area contributed by atoms with Crippen molar-refractivity contribution >= 4 is 11.9 Å². The van der Waals surface area contributed by atoms with E-state index >= 15 is 0 Å². The minimum absolute atomic E-state index is 0.0807. The van der Waals surface area contributed by atoms with Gasteiger partial charge < -0.3 is 10.0 Å². The van der Waals surface area contributed by atoms with Gasteiger partial charge in [0.25, 0.3) is 5.91 Å². The van der Waals surface area contributed by atoms with Crippen LogP contribution in [0.15, 0.2) is 24.3 Å². The lowest BCUT2D eigenvalue weighted by atomic mass is 10.1. The Labute approximate surface area is 113 Å². The molecule has 0 heterocycles. The molecule has 0 saturated carbocycles. The van der Waals surface area contributed by atoms with Crippen LogP contribution in [0.2, 0.25) is 0 Å². The van der Waals surface area contributed by atoms with Crippen LogP contribution in [-0.2, 0) is 0 Å². The Hall–Kier alpha value is -2.05. The number of carboxylic acids is 1. The minimum atomic E-state index is -4.51. The summed E-state index contributed by atoms with van der Waals surface area (Å²) in [6.07, 6.45) is -4.51. The van der Waals surface area contributed by atoms with Gasteiger partial charge in [-0.05, 0) is 32.0 Å². The predicted molar refractivity (Wildman–Crippen MR) is 65.6 cm³/mol. The fourth-order valence-corrected chi connectivity index (χ4v) is 1.63. The van der Waals surface area contributed by atoms with Crippen LogP contribution in [0.5, 0.6) is 0 Å². The maximum atomic E-state index is 12.5. The Balaban J connectivity index is 3.06. The van der Waals surface area contributed by atoms with Crippen molar-refractivity contribution in [3.05, 3.63) is 35.4 Å². The van der Waals surface area contributed by atoms with E-state index in [4.69, 9.17) is 5.11 Å². The maximum Gasteiger partial charge on any atom is 0.406 e. The van der Waals surface area contributed by atoms with Gasteiger partial charge in [0, 0.05) is 11.6 Å². The number of alkyl halides is 3. The van der Waals surface area contributed by atoms with Crippen LogP contribution in [0.25, 0.3) is 0 Å². The molecule has 0 bridgehead atoms. The third-order valence-electron chi connectivity index (χ3n) is 2.59. The van der Waals surface area contributed by atoms with E-state index in [1.165, 1.54) is 32.0 Å². The van der Waals surface area contributed by atoms with Crippen molar-refractivity contribution in [2.24, 2.45) is 0 Å². The first kappa shape index (κ1) is 16.0. The quantitative estimate of drug-likeness (QED) is 0.927. The highest BCUT2D eigenvalue weighted by Crippen LogP contribution is 2.20. The van der Waals surface area contributed by atoms with E-state index in [1.807, 2.05) is 0 Å². The molecule has 110 valence electrons. The molecule has 0 saturated heterocycles. The summed E-state index contributed by atoms with van der Waals surface area (Å²) in [7, 11) is 0. The molecule has 1 rings (SSSR count). The number of nitrogens with zero attached hydrogens (tertiary/aromatic N) is 1. The lowest BCUT2D eigenvalue weighted by molar-refractivity contribution is -0.143. The molecule has 0 unspecified atom stereocenters. The molecule has 1 aromatic carbocycles. The third-order valence-corrected chi connectivity index (χ3v) is 2.59. The van der Waals surface area contributed by atoms with Gasteiger partial charge in [0.1, 0.15) is 6.54 Å². The number of rotatable bonds is 4. The van der Waals surface area contributed by atoms with E-state index in [9.17, 15) is 22.8 Å². The molecule has 1 amide bonds. The normalized spacial score (nSPS) is 11.5. The van der Waals surface area contributed by atoms with Crippen LogP contribution in [0.4, 0.5) is 13.2 Å². The van der Waals surface area contributed by atoms with E-state index in [0.717, 1.165) is 6.07 Å². The minimum Gasteiger partial charge on any atom is -0.478 e. The predicted octanol–water partition coefficient (Wildman–Crippen LogP) is 2.80. The van der Waals surface area contributed by atoms with Gasteiger partial charge in [-0.3, -0.25) is 4.79 Å². The molecule has 1 aromatic rings. The van der Waals surface area contributed by atoms with Gasteiger partial charge in [-0.2, -0.15) is 13.2 Å². The largest absolute Gasteiger partial charge is 0.478 e.